The minimum atomic E-state index is -1.41. The van der Waals surface area contributed by atoms with Gasteiger partial charge in [0.05, 0.1) is 6.61 Å². The Morgan fingerprint density at radius 1 is 1.50 bits per heavy atom. The summed E-state index contributed by atoms with van der Waals surface area (Å²) in [7, 11) is 0. The van der Waals surface area contributed by atoms with Crippen molar-refractivity contribution in [1.82, 2.24) is 9.55 Å². The standard InChI is InChI=1S/C13H17N3O6/c1-6(18)2-3-7-4-16(13(21)15-11(7)14)12-10(20)9(19)8(5-17)22-12/h2-4,8-10,12,17,19-20H,5H2,1H3,(H2,14,15,21)/t8-,9?,10?,12-/m1/s1. The van der Waals surface area contributed by atoms with Crippen LogP contribution >= 0.6 is 0 Å². The zero-order valence-corrected chi connectivity index (χ0v) is 11.8. The molecular formula is C13H17N3O6. The van der Waals surface area contributed by atoms with Gasteiger partial charge in [0.15, 0.2) is 12.0 Å². The first-order valence-corrected chi connectivity index (χ1v) is 6.55. The molecule has 22 heavy (non-hydrogen) atoms. The van der Waals surface area contributed by atoms with E-state index in [0.29, 0.717) is 0 Å². The fourth-order valence-corrected chi connectivity index (χ4v) is 2.12. The van der Waals surface area contributed by atoms with Crippen molar-refractivity contribution in [3.63, 3.8) is 0 Å². The monoisotopic (exact) mass is 311 g/mol. The summed E-state index contributed by atoms with van der Waals surface area (Å²) < 4.78 is 6.22. The molecule has 2 unspecified atom stereocenters. The van der Waals surface area contributed by atoms with Gasteiger partial charge < -0.3 is 25.8 Å². The zero-order valence-electron chi connectivity index (χ0n) is 11.8. The number of ketones is 1. The Kier molecular flexibility index (Phi) is 4.71. The predicted molar refractivity (Wildman–Crippen MR) is 75.6 cm³/mol. The lowest BCUT2D eigenvalue weighted by Crippen LogP contribution is -2.36. The number of rotatable bonds is 4. The minimum absolute atomic E-state index is 0.0782. The number of nitrogens with zero attached hydrogens (tertiary/aromatic N) is 2. The van der Waals surface area contributed by atoms with Crippen molar-refractivity contribution in [2.75, 3.05) is 12.3 Å². The number of aliphatic hydroxyl groups is 3. The second-order valence-electron chi connectivity index (χ2n) is 4.94. The Hall–Kier alpha value is -2.07. The first kappa shape index (κ1) is 16.3. The topological polar surface area (TPSA) is 148 Å². The molecule has 0 spiro atoms. The van der Waals surface area contributed by atoms with Crippen LogP contribution in [0.3, 0.4) is 0 Å². The maximum Gasteiger partial charge on any atom is 0.351 e. The lowest BCUT2D eigenvalue weighted by molar-refractivity contribution is -0.112. The molecule has 120 valence electrons. The number of aromatic nitrogens is 2. The highest BCUT2D eigenvalue weighted by atomic mass is 16.6. The minimum Gasteiger partial charge on any atom is -0.394 e. The van der Waals surface area contributed by atoms with E-state index in [9.17, 15) is 19.8 Å². The number of nitrogens with two attached hydrogens (primary N) is 1. The summed E-state index contributed by atoms with van der Waals surface area (Å²) in [6.45, 7) is 0.838. The summed E-state index contributed by atoms with van der Waals surface area (Å²) in [6, 6.07) is 0. The number of carbonyl (C=O) groups excluding carboxylic acids is 1. The van der Waals surface area contributed by atoms with Crippen LogP contribution in [0, 0.1) is 0 Å². The molecule has 1 saturated heterocycles. The highest BCUT2D eigenvalue weighted by Crippen LogP contribution is 2.28. The van der Waals surface area contributed by atoms with E-state index in [1.54, 1.807) is 0 Å². The normalized spacial score (nSPS) is 28.4. The van der Waals surface area contributed by atoms with Crippen molar-refractivity contribution in [3.05, 3.63) is 28.3 Å². The van der Waals surface area contributed by atoms with E-state index in [-0.39, 0.29) is 17.2 Å². The van der Waals surface area contributed by atoms with Gasteiger partial charge in [-0.15, -0.1) is 0 Å². The fourth-order valence-electron chi connectivity index (χ4n) is 2.12. The van der Waals surface area contributed by atoms with Crippen LogP contribution in [0.25, 0.3) is 6.08 Å². The van der Waals surface area contributed by atoms with Gasteiger partial charge in [-0.05, 0) is 19.1 Å². The number of anilines is 1. The number of ether oxygens (including phenoxy) is 1. The second-order valence-corrected chi connectivity index (χ2v) is 4.94. The largest absolute Gasteiger partial charge is 0.394 e. The quantitative estimate of drug-likeness (QED) is 0.468. The molecule has 9 nitrogen and oxygen atoms in total. The lowest BCUT2D eigenvalue weighted by Gasteiger charge is -2.18. The summed E-state index contributed by atoms with van der Waals surface area (Å²) in [5.74, 6) is -0.296. The van der Waals surface area contributed by atoms with Crippen LogP contribution in [0.4, 0.5) is 5.82 Å². The van der Waals surface area contributed by atoms with E-state index in [2.05, 4.69) is 4.98 Å². The number of carbonyl (C=O) groups is 1. The van der Waals surface area contributed by atoms with Crippen LogP contribution < -0.4 is 11.4 Å². The van der Waals surface area contributed by atoms with Gasteiger partial charge in [0, 0.05) is 11.8 Å². The van der Waals surface area contributed by atoms with Gasteiger partial charge in [0.25, 0.3) is 0 Å². The van der Waals surface area contributed by atoms with E-state index in [4.69, 9.17) is 15.6 Å². The Morgan fingerprint density at radius 2 is 2.18 bits per heavy atom. The third kappa shape index (κ3) is 3.07. The Balaban J connectivity index is 2.41. The molecule has 1 aromatic rings. The van der Waals surface area contributed by atoms with Crippen LogP contribution in [0.2, 0.25) is 0 Å². The van der Waals surface area contributed by atoms with Gasteiger partial charge >= 0.3 is 5.69 Å². The first-order chi connectivity index (χ1) is 10.3. The molecule has 9 heteroatoms. The third-order valence-corrected chi connectivity index (χ3v) is 3.30. The van der Waals surface area contributed by atoms with Gasteiger partial charge in [-0.1, -0.05) is 0 Å². The molecule has 5 N–H and O–H groups in total. The smallest absolute Gasteiger partial charge is 0.351 e. The maximum absolute atomic E-state index is 11.9. The van der Waals surface area contributed by atoms with Crippen LogP contribution in [-0.2, 0) is 9.53 Å². The molecule has 0 saturated carbocycles. The van der Waals surface area contributed by atoms with E-state index in [1.807, 2.05) is 0 Å². The van der Waals surface area contributed by atoms with Crippen LogP contribution in [-0.4, -0.2) is 55.6 Å². The summed E-state index contributed by atoms with van der Waals surface area (Å²) in [5, 5.41) is 28.7. The molecule has 0 aliphatic carbocycles. The number of hydrogen-bond donors (Lipinski definition) is 4. The van der Waals surface area contributed by atoms with Crippen molar-refractivity contribution in [2.24, 2.45) is 0 Å². The van der Waals surface area contributed by atoms with Gasteiger partial charge in [0.2, 0.25) is 0 Å². The average Bonchev–Trinajstić information content (AvgIpc) is 2.74. The van der Waals surface area contributed by atoms with Crippen LogP contribution in [0.1, 0.15) is 18.7 Å². The molecule has 0 bridgehead atoms. The molecule has 1 fully saturated rings. The molecular weight excluding hydrogens is 294 g/mol. The highest BCUT2D eigenvalue weighted by Gasteiger charge is 2.43. The van der Waals surface area contributed by atoms with E-state index in [0.717, 1.165) is 4.57 Å². The van der Waals surface area contributed by atoms with Crippen molar-refractivity contribution < 1.29 is 24.9 Å². The van der Waals surface area contributed by atoms with Crippen molar-refractivity contribution in [2.45, 2.75) is 31.5 Å². The van der Waals surface area contributed by atoms with Crippen molar-refractivity contribution in [3.8, 4) is 0 Å². The molecule has 0 amide bonds. The Morgan fingerprint density at radius 3 is 2.73 bits per heavy atom. The van der Waals surface area contributed by atoms with Crippen LogP contribution in [0.5, 0.6) is 0 Å². The molecule has 1 aliphatic rings. The van der Waals surface area contributed by atoms with Crippen LogP contribution in [0.15, 0.2) is 17.1 Å². The summed E-state index contributed by atoms with van der Waals surface area (Å²) >= 11 is 0. The number of aliphatic hydroxyl groups excluding tert-OH is 3. The second kappa shape index (κ2) is 6.36. The average molecular weight is 311 g/mol. The molecule has 2 rings (SSSR count). The molecule has 2 heterocycles. The highest BCUT2D eigenvalue weighted by molar-refractivity contribution is 5.92. The van der Waals surface area contributed by atoms with Gasteiger partial charge in [-0.25, -0.2) is 4.79 Å². The number of hydrogen-bond acceptors (Lipinski definition) is 8. The van der Waals surface area contributed by atoms with E-state index < -0.39 is 36.8 Å². The molecule has 1 aliphatic heterocycles. The third-order valence-electron chi connectivity index (χ3n) is 3.30. The zero-order chi connectivity index (χ0) is 16.4. The van der Waals surface area contributed by atoms with Gasteiger partial charge in [0.1, 0.15) is 24.1 Å². The lowest BCUT2D eigenvalue weighted by atomic mass is 10.1. The molecule has 1 aromatic heterocycles. The first-order valence-electron chi connectivity index (χ1n) is 6.55. The summed E-state index contributed by atoms with van der Waals surface area (Å²) in [4.78, 5) is 26.5. The van der Waals surface area contributed by atoms with E-state index in [1.165, 1.54) is 25.3 Å². The number of allylic oxidation sites excluding steroid dienone is 1. The van der Waals surface area contributed by atoms with Gasteiger partial charge in [-0.3, -0.25) is 9.36 Å². The maximum atomic E-state index is 11.9. The molecule has 4 atom stereocenters. The van der Waals surface area contributed by atoms with Crippen molar-refractivity contribution >= 4 is 17.7 Å². The molecule has 0 aromatic carbocycles. The Bertz CT molecular complexity index is 656. The summed E-state index contributed by atoms with van der Waals surface area (Å²) in [5.41, 5.74) is 5.11. The predicted octanol–water partition coefficient (Wildman–Crippen LogP) is -1.96. The summed E-state index contributed by atoms with van der Waals surface area (Å²) in [6.07, 6.45) is -1.08. The van der Waals surface area contributed by atoms with Crippen molar-refractivity contribution in [1.29, 1.82) is 0 Å². The van der Waals surface area contributed by atoms with Gasteiger partial charge in [-0.2, -0.15) is 4.98 Å². The fraction of sp³-hybridized carbons (Fsp3) is 0.462. The number of nitrogen functional groups attached to an aromatic ring is 1. The Labute approximate surface area is 125 Å². The SMILES string of the molecule is CC(=O)C=Cc1cn([C@@H]2O[C@H](CO)C(O)C2O)c(=O)nc1N. The molecule has 0 radical (unpaired) electrons. The van der Waals surface area contributed by atoms with E-state index >= 15 is 0 Å².